The van der Waals surface area contributed by atoms with E-state index < -0.39 is 4.92 Å². The lowest BCUT2D eigenvalue weighted by molar-refractivity contribution is -0.384. The van der Waals surface area contributed by atoms with Gasteiger partial charge in [0.1, 0.15) is 5.75 Å². The minimum atomic E-state index is -0.455. The summed E-state index contributed by atoms with van der Waals surface area (Å²) in [5, 5.41) is 23.6. The van der Waals surface area contributed by atoms with Crippen molar-refractivity contribution in [3.05, 3.63) is 64.2 Å². The topological polar surface area (TPSA) is 87.8 Å². The van der Waals surface area contributed by atoms with Crippen LogP contribution in [-0.4, -0.2) is 16.2 Å². The number of hydrogen-bond donors (Lipinski definition) is 2. The summed E-state index contributed by atoms with van der Waals surface area (Å²) >= 11 is 0. The molecule has 0 aliphatic rings. The number of non-ortho nitro benzene ring substituents is 1. The molecule has 2 N–H and O–H groups in total. The number of anilines is 1. The molecule has 0 radical (unpaired) electrons. The molecule has 2 aromatic rings. The van der Waals surface area contributed by atoms with Gasteiger partial charge in [0, 0.05) is 12.1 Å². The molecule has 0 atom stereocenters. The van der Waals surface area contributed by atoms with Crippen molar-refractivity contribution in [2.45, 2.75) is 0 Å². The van der Waals surface area contributed by atoms with E-state index in [9.17, 15) is 10.1 Å². The Morgan fingerprint density at radius 1 is 1.11 bits per heavy atom. The Morgan fingerprint density at radius 3 is 2.32 bits per heavy atom. The van der Waals surface area contributed by atoms with Gasteiger partial charge in [0.05, 0.1) is 16.8 Å². The summed E-state index contributed by atoms with van der Waals surface area (Å²) in [6.07, 6.45) is 1.58. The predicted molar refractivity (Wildman–Crippen MR) is 72.4 cm³/mol. The van der Waals surface area contributed by atoms with Crippen molar-refractivity contribution >= 4 is 17.6 Å². The van der Waals surface area contributed by atoms with Crippen molar-refractivity contribution < 1.29 is 10.0 Å². The number of hydrazone groups is 1. The zero-order valence-corrected chi connectivity index (χ0v) is 9.85. The molecule has 6 nitrogen and oxygen atoms in total. The highest BCUT2D eigenvalue weighted by atomic mass is 16.6. The highest BCUT2D eigenvalue weighted by Crippen LogP contribution is 2.15. The molecule has 2 aromatic carbocycles. The Morgan fingerprint density at radius 2 is 1.74 bits per heavy atom. The first kappa shape index (κ1) is 12.6. The molecule has 0 saturated carbocycles. The largest absolute Gasteiger partial charge is 0.508 e. The third-order valence-corrected chi connectivity index (χ3v) is 2.38. The van der Waals surface area contributed by atoms with E-state index >= 15 is 0 Å². The van der Waals surface area contributed by atoms with Gasteiger partial charge in [-0.25, -0.2) is 0 Å². The fraction of sp³-hybridized carbons (Fsp3) is 0. The number of nitrogens with one attached hydrogen (secondary N) is 1. The molecule has 0 bridgehead atoms. The van der Waals surface area contributed by atoms with Crippen molar-refractivity contribution in [3.63, 3.8) is 0 Å². The minimum Gasteiger partial charge on any atom is -0.508 e. The van der Waals surface area contributed by atoms with Crippen molar-refractivity contribution in [1.82, 2.24) is 0 Å². The number of rotatable bonds is 4. The fourth-order valence-corrected chi connectivity index (χ4v) is 1.40. The van der Waals surface area contributed by atoms with E-state index in [1.165, 1.54) is 12.1 Å². The van der Waals surface area contributed by atoms with E-state index in [2.05, 4.69) is 10.5 Å². The molecule has 0 saturated heterocycles. The molecule has 0 spiro atoms. The molecule has 0 aliphatic carbocycles. The molecule has 0 aliphatic heterocycles. The first-order chi connectivity index (χ1) is 9.15. The molecule has 6 heteroatoms. The summed E-state index contributed by atoms with van der Waals surface area (Å²) in [7, 11) is 0. The van der Waals surface area contributed by atoms with E-state index in [-0.39, 0.29) is 11.4 Å². The van der Waals surface area contributed by atoms with Crippen molar-refractivity contribution in [1.29, 1.82) is 0 Å². The number of hydrogen-bond acceptors (Lipinski definition) is 5. The number of benzene rings is 2. The van der Waals surface area contributed by atoms with Crippen LogP contribution in [0.5, 0.6) is 5.75 Å². The first-order valence-corrected chi connectivity index (χ1v) is 5.48. The maximum absolute atomic E-state index is 10.5. The van der Waals surface area contributed by atoms with Crippen LogP contribution in [0, 0.1) is 10.1 Å². The zero-order valence-electron chi connectivity index (χ0n) is 9.85. The maximum Gasteiger partial charge on any atom is 0.269 e. The average molecular weight is 257 g/mol. The normalized spacial score (nSPS) is 10.5. The molecule has 2 rings (SSSR count). The third kappa shape index (κ3) is 3.53. The molecule has 0 unspecified atom stereocenters. The molecular formula is C13H11N3O3. The van der Waals surface area contributed by atoms with Gasteiger partial charge in [0.25, 0.3) is 5.69 Å². The Hall–Kier alpha value is -2.89. The number of phenols is 1. The van der Waals surface area contributed by atoms with Gasteiger partial charge in [-0.3, -0.25) is 15.5 Å². The zero-order chi connectivity index (χ0) is 13.7. The van der Waals surface area contributed by atoms with Crippen LogP contribution < -0.4 is 5.43 Å². The van der Waals surface area contributed by atoms with Gasteiger partial charge in [-0.1, -0.05) is 0 Å². The van der Waals surface area contributed by atoms with Crippen molar-refractivity contribution in [2.75, 3.05) is 5.43 Å². The minimum absolute atomic E-state index is 0.0352. The van der Waals surface area contributed by atoms with E-state index in [1.54, 1.807) is 42.6 Å². The second-order valence-corrected chi connectivity index (χ2v) is 3.77. The molecule has 96 valence electrons. The second kappa shape index (κ2) is 5.63. The van der Waals surface area contributed by atoms with Gasteiger partial charge in [0.2, 0.25) is 0 Å². The second-order valence-electron chi connectivity index (χ2n) is 3.77. The van der Waals surface area contributed by atoms with Gasteiger partial charge < -0.3 is 5.11 Å². The van der Waals surface area contributed by atoms with Gasteiger partial charge >= 0.3 is 0 Å². The van der Waals surface area contributed by atoms with Crippen LogP contribution in [0.3, 0.4) is 0 Å². The SMILES string of the molecule is O=[N+]([O-])c1ccc(N/N=C/c2ccc(O)cc2)cc1. The molecule has 0 fully saturated rings. The van der Waals surface area contributed by atoms with Crippen LogP contribution in [0.1, 0.15) is 5.56 Å². The Labute approximate surface area is 109 Å². The Kier molecular flexibility index (Phi) is 3.72. The van der Waals surface area contributed by atoms with Crippen LogP contribution in [0.15, 0.2) is 53.6 Å². The van der Waals surface area contributed by atoms with Crippen LogP contribution in [-0.2, 0) is 0 Å². The fourth-order valence-electron chi connectivity index (χ4n) is 1.40. The molecule has 0 amide bonds. The summed E-state index contributed by atoms with van der Waals surface area (Å²) in [6.45, 7) is 0. The molecule has 19 heavy (non-hydrogen) atoms. The summed E-state index contributed by atoms with van der Waals surface area (Å²) in [6, 6.07) is 12.5. The first-order valence-electron chi connectivity index (χ1n) is 5.48. The van der Waals surface area contributed by atoms with E-state index in [1.807, 2.05) is 0 Å². The summed E-state index contributed by atoms with van der Waals surface area (Å²) < 4.78 is 0. The maximum atomic E-state index is 10.5. The number of aromatic hydroxyl groups is 1. The summed E-state index contributed by atoms with van der Waals surface area (Å²) in [5.74, 6) is 0.195. The van der Waals surface area contributed by atoms with Crippen LogP contribution in [0.25, 0.3) is 0 Å². The number of nitro groups is 1. The standard InChI is InChI=1S/C13H11N3O3/c17-13-7-1-10(2-8-13)9-14-15-11-3-5-12(6-4-11)16(18)19/h1-9,15,17H/b14-9+. The predicted octanol–water partition coefficient (Wildman–Crippen LogP) is 2.75. The lowest BCUT2D eigenvalue weighted by Gasteiger charge is -1.99. The molecule has 0 heterocycles. The van der Waals surface area contributed by atoms with Gasteiger partial charge in [-0.15, -0.1) is 0 Å². The smallest absolute Gasteiger partial charge is 0.269 e. The molecular weight excluding hydrogens is 246 g/mol. The van der Waals surface area contributed by atoms with Crippen molar-refractivity contribution in [3.8, 4) is 5.75 Å². The number of nitrogens with zero attached hydrogens (tertiary/aromatic N) is 2. The Balaban J connectivity index is 1.98. The Bertz CT molecular complexity index is 592. The summed E-state index contributed by atoms with van der Waals surface area (Å²) in [5.41, 5.74) is 4.27. The number of phenolic OH excluding ortho intramolecular Hbond substituents is 1. The highest BCUT2D eigenvalue weighted by Gasteiger charge is 2.02. The van der Waals surface area contributed by atoms with Gasteiger partial charge in [-0.05, 0) is 42.0 Å². The summed E-state index contributed by atoms with van der Waals surface area (Å²) in [4.78, 5) is 10.0. The lowest BCUT2D eigenvalue weighted by atomic mass is 10.2. The van der Waals surface area contributed by atoms with Crippen molar-refractivity contribution in [2.24, 2.45) is 5.10 Å². The quantitative estimate of drug-likeness (QED) is 0.500. The van der Waals surface area contributed by atoms with Crippen LogP contribution >= 0.6 is 0 Å². The van der Waals surface area contributed by atoms with Crippen LogP contribution in [0.4, 0.5) is 11.4 Å². The van der Waals surface area contributed by atoms with Crippen LogP contribution in [0.2, 0.25) is 0 Å². The number of nitro benzene ring substituents is 1. The highest BCUT2D eigenvalue weighted by molar-refractivity contribution is 5.80. The molecule has 0 aromatic heterocycles. The van der Waals surface area contributed by atoms with E-state index in [0.717, 1.165) is 5.56 Å². The lowest BCUT2D eigenvalue weighted by Crippen LogP contribution is -1.92. The van der Waals surface area contributed by atoms with E-state index in [4.69, 9.17) is 5.11 Å². The average Bonchev–Trinajstić information content (AvgIpc) is 2.41. The van der Waals surface area contributed by atoms with Gasteiger partial charge in [-0.2, -0.15) is 5.10 Å². The monoisotopic (exact) mass is 257 g/mol. The van der Waals surface area contributed by atoms with E-state index in [0.29, 0.717) is 5.69 Å². The van der Waals surface area contributed by atoms with Gasteiger partial charge in [0.15, 0.2) is 0 Å². The third-order valence-electron chi connectivity index (χ3n) is 2.38.